The highest BCUT2D eigenvalue weighted by Gasteiger charge is 2.14. The van der Waals surface area contributed by atoms with Crippen molar-refractivity contribution in [2.24, 2.45) is 0 Å². The fourth-order valence-corrected chi connectivity index (χ4v) is 3.39. The zero-order valence-electron chi connectivity index (χ0n) is 15.2. The maximum atomic E-state index is 6.33. The Bertz CT molecular complexity index is 696. The van der Waals surface area contributed by atoms with Crippen molar-refractivity contribution in [3.05, 3.63) is 64.2 Å². The number of hydrogen-bond donors (Lipinski definition) is 0. The van der Waals surface area contributed by atoms with Gasteiger partial charge in [0.15, 0.2) is 0 Å². The number of rotatable bonds is 6. The molecule has 1 fully saturated rings. The van der Waals surface area contributed by atoms with E-state index in [0.29, 0.717) is 0 Å². The summed E-state index contributed by atoms with van der Waals surface area (Å²) in [6.07, 6.45) is 0.797. The van der Waals surface area contributed by atoms with Crippen LogP contribution in [0.2, 0.25) is 5.02 Å². The molecule has 0 bridgehead atoms. The molecule has 0 unspecified atom stereocenters. The molecule has 0 radical (unpaired) electrons. The third-order valence-corrected chi connectivity index (χ3v) is 5.18. The number of hydrogen-bond acceptors (Lipinski definition) is 3. The Kier molecular flexibility index (Phi) is 6.35. The highest BCUT2D eigenvalue weighted by atomic mass is 35.5. The Morgan fingerprint density at radius 3 is 2.52 bits per heavy atom. The fraction of sp³-hybridized carbons (Fsp3) is 0.429. The Morgan fingerprint density at radius 1 is 1.00 bits per heavy atom. The van der Waals surface area contributed by atoms with Gasteiger partial charge in [0.05, 0.1) is 0 Å². The number of likely N-dealkylation sites (N-methyl/N-ethyl adjacent to an activating group) is 1. The van der Waals surface area contributed by atoms with Crippen LogP contribution in [0.3, 0.4) is 0 Å². The first-order chi connectivity index (χ1) is 12.1. The van der Waals surface area contributed by atoms with Crippen LogP contribution in [0.1, 0.15) is 16.7 Å². The summed E-state index contributed by atoms with van der Waals surface area (Å²) in [5.74, 6) is 0.972. The summed E-state index contributed by atoms with van der Waals surface area (Å²) in [5, 5.41) is 0.812. The van der Waals surface area contributed by atoms with Crippen LogP contribution in [-0.2, 0) is 6.42 Å². The highest BCUT2D eigenvalue weighted by Crippen LogP contribution is 2.26. The minimum Gasteiger partial charge on any atom is -0.492 e. The van der Waals surface area contributed by atoms with Crippen LogP contribution >= 0.6 is 11.6 Å². The van der Waals surface area contributed by atoms with E-state index in [2.05, 4.69) is 48.0 Å². The predicted octanol–water partition coefficient (Wildman–Crippen LogP) is 3.87. The van der Waals surface area contributed by atoms with Gasteiger partial charge in [0.25, 0.3) is 0 Å². The summed E-state index contributed by atoms with van der Waals surface area (Å²) in [4.78, 5) is 4.85. The molecule has 1 aliphatic rings. The topological polar surface area (TPSA) is 15.7 Å². The Hall–Kier alpha value is -1.55. The van der Waals surface area contributed by atoms with E-state index in [9.17, 15) is 0 Å². The van der Waals surface area contributed by atoms with Crippen LogP contribution in [0, 0.1) is 6.92 Å². The lowest BCUT2D eigenvalue weighted by Gasteiger charge is -2.32. The quantitative estimate of drug-likeness (QED) is 0.779. The van der Waals surface area contributed by atoms with Crippen molar-refractivity contribution in [3.63, 3.8) is 0 Å². The lowest BCUT2D eigenvalue weighted by Crippen LogP contribution is -2.45. The molecule has 134 valence electrons. The molecule has 4 heteroatoms. The number of piperazine rings is 1. The van der Waals surface area contributed by atoms with E-state index in [1.165, 1.54) is 11.1 Å². The third kappa shape index (κ3) is 5.21. The molecule has 0 N–H and O–H groups in total. The number of aryl methyl sites for hydroxylation is 1. The van der Waals surface area contributed by atoms with Crippen molar-refractivity contribution in [2.75, 3.05) is 46.4 Å². The van der Waals surface area contributed by atoms with Gasteiger partial charge in [0.1, 0.15) is 12.4 Å². The normalized spacial score (nSPS) is 16.1. The molecule has 0 spiro atoms. The zero-order chi connectivity index (χ0) is 17.6. The van der Waals surface area contributed by atoms with E-state index in [-0.39, 0.29) is 0 Å². The van der Waals surface area contributed by atoms with Gasteiger partial charge in [-0.15, -0.1) is 0 Å². The fourth-order valence-electron chi connectivity index (χ4n) is 3.19. The summed E-state index contributed by atoms with van der Waals surface area (Å²) >= 11 is 6.33. The second kappa shape index (κ2) is 8.70. The minimum atomic E-state index is 0.725. The van der Waals surface area contributed by atoms with Crippen molar-refractivity contribution >= 4 is 11.6 Å². The minimum absolute atomic E-state index is 0.725. The highest BCUT2D eigenvalue weighted by molar-refractivity contribution is 6.31. The first-order valence-electron chi connectivity index (χ1n) is 8.98. The average Bonchev–Trinajstić information content (AvgIpc) is 2.60. The van der Waals surface area contributed by atoms with E-state index < -0.39 is 0 Å². The van der Waals surface area contributed by atoms with Gasteiger partial charge in [-0.2, -0.15) is 0 Å². The van der Waals surface area contributed by atoms with Crippen LogP contribution in [-0.4, -0.2) is 56.2 Å². The molecule has 1 saturated heterocycles. The van der Waals surface area contributed by atoms with Crippen LogP contribution in [0.25, 0.3) is 0 Å². The van der Waals surface area contributed by atoms with E-state index in [1.54, 1.807) is 0 Å². The second-order valence-electron chi connectivity index (χ2n) is 6.87. The molecular weight excluding hydrogens is 332 g/mol. The average molecular weight is 359 g/mol. The van der Waals surface area contributed by atoms with Gasteiger partial charge < -0.3 is 9.64 Å². The molecule has 2 aromatic rings. The van der Waals surface area contributed by atoms with Gasteiger partial charge in [-0.3, -0.25) is 4.90 Å². The van der Waals surface area contributed by atoms with Gasteiger partial charge >= 0.3 is 0 Å². The summed E-state index contributed by atoms with van der Waals surface area (Å²) in [6, 6.07) is 14.4. The van der Waals surface area contributed by atoms with E-state index >= 15 is 0 Å². The molecule has 0 amide bonds. The van der Waals surface area contributed by atoms with Crippen molar-refractivity contribution in [2.45, 2.75) is 13.3 Å². The summed E-state index contributed by atoms with van der Waals surface area (Å²) < 4.78 is 6.14. The van der Waals surface area contributed by atoms with Gasteiger partial charge in [-0.25, -0.2) is 0 Å². The maximum Gasteiger partial charge on any atom is 0.122 e. The Labute approximate surface area is 156 Å². The number of ether oxygens (including phenoxy) is 1. The molecule has 0 saturated carbocycles. The molecule has 3 rings (SSSR count). The van der Waals surface area contributed by atoms with Crippen LogP contribution < -0.4 is 4.74 Å². The molecule has 25 heavy (non-hydrogen) atoms. The molecule has 0 atom stereocenters. The number of halogens is 1. The summed E-state index contributed by atoms with van der Waals surface area (Å²) in [5.41, 5.74) is 3.58. The molecule has 1 heterocycles. The SMILES string of the molecule is Cc1ccc(OCCN2CCN(C)CC2)c(Cc2ccccc2Cl)c1. The predicted molar refractivity (Wildman–Crippen MR) is 105 cm³/mol. The lowest BCUT2D eigenvalue weighted by atomic mass is 10.0. The molecule has 1 aliphatic heterocycles. The molecule has 3 nitrogen and oxygen atoms in total. The molecule has 0 aromatic heterocycles. The summed E-state index contributed by atoms with van der Waals surface area (Å²) in [6.45, 7) is 8.35. The largest absolute Gasteiger partial charge is 0.492 e. The third-order valence-electron chi connectivity index (χ3n) is 4.82. The zero-order valence-corrected chi connectivity index (χ0v) is 15.9. The molecular formula is C21H27ClN2O. The van der Waals surface area contributed by atoms with Crippen molar-refractivity contribution in [1.82, 2.24) is 9.80 Å². The number of benzene rings is 2. The van der Waals surface area contributed by atoms with Crippen LogP contribution in [0.15, 0.2) is 42.5 Å². The standard InChI is InChI=1S/C21H27ClN2O/c1-17-7-8-21(25-14-13-24-11-9-23(2)10-12-24)19(15-17)16-18-5-3-4-6-20(18)22/h3-8,15H,9-14,16H2,1-2H3. The molecule has 2 aromatic carbocycles. The van der Waals surface area contributed by atoms with Gasteiger partial charge in [0, 0.05) is 44.2 Å². The Morgan fingerprint density at radius 2 is 1.76 bits per heavy atom. The lowest BCUT2D eigenvalue weighted by molar-refractivity contribution is 0.133. The monoisotopic (exact) mass is 358 g/mol. The van der Waals surface area contributed by atoms with E-state index in [0.717, 1.165) is 62.1 Å². The van der Waals surface area contributed by atoms with Gasteiger partial charge in [-0.1, -0.05) is 47.5 Å². The van der Waals surface area contributed by atoms with Crippen LogP contribution in [0.5, 0.6) is 5.75 Å². The van der Waals surface area contributed by atoms with Crippen molar-refractivity contribution in [1.29, 1.82) is 0 Å². The van der Waals surface area contributed by atoms with Crippen molar-refractivity contribution < 1.29 is 4.74 Å². The number of nitrogens with zero attached hydrogens (tertiary/aromatic N) is 2. The van der Waals surface area contributed by atoms with Gasteiger partial charge in [0.2, 0.25) is 0 Å². The maximum absolute atomic E-state index is 6.33. The summed E-state index contributed by atoms with van der Waals surface area (Å²) in [7, 11) is 2.18. The van der Waals surface area contributed by atoms with Crippen LogP contribution in [0.4, 0.5) is 0 Å². The van der Waals surface area contributed by atoms with Gasteiger partial charge in [-0.05, 0) is 37.2 Å². The first kappa shape index (κ1) is 18.2. The second-order valence-corrected chi connectivity index (χ2v) is 7.28. The van der Waals surface area contributed by atoms with Crippen molar-refractivity contribution in [3.8, 4) is 5.75 Å². The Balaban J connectivity index is 1.62. The van der Waals surface area contributed by atoms with E-state index in [4.69, 9.17) is 16.3 Å². The van der Waals surface area contributed by atoms with E-state index in [1.807, 2.05) is 18.2 Å². The smallest absolute Gasteiger partial charge is 0.122 e. The first-order valence-corrected chi connectivity index (χ1v) is 9.36. The molecule has 0 aliphatic carbocycles.